The minimum atomic E-state index is -0.801. The molecule has 0 amide bonds. The fourth-order valence-corrected chi connectivity index (χ4v) is 2.57. The third-order valence-electron chi connectivity index (χ3n) is 3.79. The second kappa shape index (κ2) is 4.58. The molecule has 1 aliphatic carbocycles. The molecule has 0 aromatic carbocycles. The highest BCUT2D eigenvalue weighted by molar-refractivity contribution is 5.81. The van der Waals surface area contributed by atoms with Crippen molar-refractivity contribution in [3.8, 4) is 0 Å². The molecule has 4 nitrogen and oxygen atoms in total. The van der Waals surface area contributed by atoms with Crippen LogP contribution in [0, 0.1) is 5.92 Å². The van der Waals surface area contributed by atoms with E-state index in [1.165, 1.54) is 0 Å². The molecule has 2 aliphatic rings. The number of carbonyl (C=O) groups excluding carboxylic acids is 1. The van der Waals surface area contributed by atoms with Gasteiger partial charge in [0.05, 0.1) is 12.2 Å². The Morgan fingerprint density at radius 3 is 2.29 bits per heavy atom. The second-order valence-electron chi connectivity index (χ2n) is 5.81. The van der Waals surface area contributed by atoms with E-state index in [-0.39, 0.29) is 24.3 Å². The predicted molar refractivity (Wildman–Crippen MR) is 64.4 cm³/mol. The van der Waals surface area contributed by atoms with Crippen LogP contribution in [0.1, 0.15) is 46.5 Å². The lowest BCUT2D eigenvalue weighted by Crippen LogP contribution is -2.50. The van der Waals surface area contributed by atoms with Crippen LogP contribution in [0.15, 0.2) is 0 Å². The van der Waals surface area contributed by atoms with Crippen LogP contribution < -0.4 is 5.73 Å². The zero-order valence-electron chi connectivity index (χ0n) is 10.9. The summed E-state index contributed by atoms with van der Waals surface area (Å²) in [6.07, 6.45) is 3.91. The van der Waals surface area contributed by atoms with Crippen molar-refractivity contribution >= 4 is 5.97 Å². The zero-order chi connectivity index (χ0) is 12.6. The van der Waals surface area contributed by atoms with E-state index in [9.17, 15) is 4.79 Å². The van der Waals surface area contributed by atoms with Gasteiger partial charge in [0, 0.05) is 12.8 Å². The van der Waals surface area contributed by atoms with Crippen molar-refractivity contribution in [2.24, 2.45) is 11.7 Å². The molecule has 0 spiro atoms. The van der Waals surface area contributed by atoms with Gasteiger partial charge in [-0.05, 0) is 39.5 Å². The van der Waals surface area contributed by atoms with Crippen molar-refractivity contribution in [1.29, 1.82) is 0 Å². The second-order valence-corrected chi connectivity index (χ2v) is 5.81. The van der Waals surface area contributed by atoms with Crippen LogP contribution in [0.3, 0.4) is 0 Å². The molecule has 2 N–H and O–H groups in total. The highest BCUT2D eigenvalue weighted by Crippen LogP contribution is 2.39. The van der Waals surface area contributed by atoms with Gasteiger partial charge >= 0.3 is 5.97 Å². The van der Waals surface area contributed by atoms with E-state index in [1.54, 1.807) is 6.92 Å². The summed E-state index contributed by atoms with van der Waals surface area (Å²) in [6.45, 7) is 5.82. The Morgan fingerprint density at radius 1 is 1.29 bits per heavy atom. The maximum atomic E-state index is 12.0. The Morgan fingerprint density at radius 2 is 1.82 bits per heavy atom. The molecule has 1 saturated carbocycles. The lowest BCUT2D eigenvalue weighted by atomic mass is 9.97. The predicted octanol–water partition coefficient (Wildman–Crippen LogP) is 1.61. The molecular formula is C13H23NO3. The third-order valence-corrected chi connectivity index (χ3v) is 3.79. The summed E-state index contributed by atoms with van der Waals surface area (Å²) in [5.74, 6) is 0.0657. The van der Waals surface area contributed by atoms with Crippen LogP contribution in [0.4, 0.5) is 0 Å². The van der Waals surface area contributed by atoms with Crippen molar-refractivity contribution in [1.82, 2.24) is 0 Å². The van der Waals surface area contributed by atoms with E-state index in [0.29, 0.717) is 5.92 Å². The number of esters is 1. The maximum Gasteiger partial charge on any atom is 0.326 e. The summed E-state index contributed by atoms with van der Waals surface area (Å²) in [5, 5.41) is 0. The molecule has 0 radical (unpaired) electrons. The van der Waals surface area contributed by atoms with E-state index in [1.807, 2.05) is 13.8 Å². The highest BCUT2D eigenvalue weighted by Gasteiger charge is 2.46. The number of ether oxygens (including phenoxy) is 2. The monoisotopic (exact) mass is 241 g/mol. The third kappa shape index (κ3) is 2.99. The van der Waals surface area contributed by atoms with E-state index in [0.717, 1.165) is 25.7 Å². The molecular weight excluding hydrogens is 218 g/mol. The first-order chi connectivity index (χ1) is 7.89. The number of rotatable bonds is 3. The maximum absolute atomic E-state index is 12.0. The highest BCUT2D eigenvalue weighted by atomic mass is 16.6. The van der Waals surface area contributed by atoms with E-state index < -0.39 is 5.54 Å². The Labute approximate surface area is 103 Å². The minimum absolute atomic E-state index is 0.0390. The van der Waals surface area contributed by atoms with Crippen LogP contribution in [-0.2, 0) is 14.3 Å². The first-order valence-corrected chi connectivity index (χ1v) is 6.55. The fraction of sp³-hybridized carbons (Fsp3) is 0.923. The van der Waals surface area contributed by atoms with Gasteiger partial charge in [-0.2, -0.15) is 0 Å². The summed E-state index contributed by atoms with van der Waals surface area (Å²) in [7, 11) is 0. The number of nitrogens with two attached hydrogens (primary N) is 1. The molecule has 0 bridgehead atoms. The van der Waals surface area contributed by atoms with Crippen LogP contribution in [-0.4, -0.2) is 29.8 Å². The summed E-state index contributed by atoms with van der Waals surface area (Å²) in [6, 6.07) is 0. The Kier molecular flexibility index (Phi) is 3.46. The average molecular weight is 241 g/mol. The van der Waals surface area contributed by atoms with E-state index >= 15 is 0 Å². The Balaban J connectivity index is 1.89. The summed E-state index contributed by atoms with van der Waals surface area (Å²) in [4.78, 5) is 12.0. The first-order valence-electron chi connectivity index (χ1n) is 6.55. The summed E-state index contributed by atoms with van der Waals surface area (Å²) in [5.41, 5.74) is 5.25. The lowest BCUT2D eigenvalue weighted by Gasteiger charge is -2.33. The molecule has 2 fully saturated rings. The van der Waals surface area contributed by atoms with Crippen LogP contribution in [0.25, 0.3) is 0 Å². The number of carbonyl (C=O) groups is 1. The smallest absolute Gasteiger partial charge is 0.326 e. The van der Waals surface area contributed by atoms with Crippen LogP contribution in [0.5, 0.6) is 0 Å². The van der Waals surface area contributed by atoms with Gasteiger partial charge in [0.15, 0.2) is 0 Å². The molecule has 98 valence electrons. The largest absolute Gasteiger partial charge is 0.461 e. The zero-order valence-corrected chi connectivity index (χ0v) is 10.9. The average Bonchev–Trinajstić information content (AvgIpc) is 2.98. The molecule has 0 aromatic heterocycles. The fourth-order valence-electron chi connectivity index (χ4n) is 2.57. The molecule has 1 saturated heterocycles. The molecule has 4 heteroatoms. The standard InChI is InChI=1S/C13H23NO3/c1-8-6-11(7-9(2)16-8)17-12(15)13(3,14)10-4-5-10/h8-11H,4-7,14H2,1-3H3. The molecule has 3 atom stereocenters. The normalized spacial score (nSPS) is 37.3. The minimum Gasteiger partial charge on any atom is -0.461 e. The van der Waals surface area contributed by atoms with Gasteiger partial charge in [0.1, 0.15) is 11.6 Å². The topological polar surface area (TPSA) is 61.5 Å². The Bertz CT molecular complexity index is 289. The number of hydrogen-bond donors (Lipinski definition) is 1. The lowest BCUT2D eigenvalue weighted by molar-refractivity contribution is -0.166. The molecule has 17 heavy (non-hydrogen) atoms. The molecule has 1 aliphatic heterocycles. The van der Waals surface area contributed by atoms with Gasteiger partial charge in [0.25, 0.3) is 0 Å². The molecule has 0 aromatic rings. The summed E-state index contributed by atoms with van der Waals surface area (Å²) < 4.78 is 11.2. The molecule has 3 unspecified atom stereocenters. The Hall–Kier alpha value is -0.610. The first kappa shape index (κ1) is 12.8. The van der Waals surface area contributed by atoms with Gasteiger partial charge in [-0.3, -0.25) is 4.79 Å². The summed E-state index contributed by atoms with van der Waals surface area (Å²) >= 11 is 0. The van der Waals surface area contributed by atoms with E-state index in [2.05, 4.69) is 0 Å². The van der Waals surface area contributed by atoms with Crippen molar-refractivity contribution in [3.63, 3.8) is 0 Å². The van der Waals surface area contributed by atoms with Crippen molar-refractivity contribution in [2.75, 3.05) is 0 Å². The van der Waals surface area contributed by atoms with Crippen LogP contribution in [0.2, 0.25) is 0 Å². The van der Waals surface area contributed by atoms with Gasteiger partial charge in [-0.25, -0.2) is 0 Å². The van der Waals surface area contributed by atoms with Crippen molar-refractivity contribution in [2.45, 2.75) is 70.3 Å². The van der Waals surface area contributed by atoms with Crippen LogP contribution >= 0.6 is 0 Å². The van der Waals surface area contributed by atoms with Gasteiger partial charge in [0.2, 0.25) is 0 Å². The van der Waals surface area contributed by atoms with Gasteiger partial charge in [-0.15, -0.1) is 0 Å². The van der Waals surface area contributed by atoms with Gasteiger partial charge < -0.3 is 15.2 Å². The molecule has 2 rings (SSSR count). The van der Waals surface area contributed by atoms with Gasteiger partial charge in [-0.1, -0.05) is 0 Å². The van der Waals surface area contributed by atoms with E-state index in [4.69, 9.17) is 15.2 Å². The molecule has 1 heterocycles. The number of hydrogen-bond acceptors (Lipinski definition) is 4. The quantitative estimate of drug-likeness (QED) is 0.763. The SMILES string of the molecule is CC1CC(OC(=O)C(C)(N)C2CC2)CC(C)O1. The van der Waals surface area contributed by atoms with Crippen molar-refractivity contribution < 1.29 is 14.3 Å². The van der Waals surface area contributed by atoms with Crippen molar-refractivity contribution in [3.05, 3.63) is 0 Å².